The fourth-order valence-electron chi connectivity index (χ4n) is 2.42. The van der Waals surface area contributed by atoms with Gasteiger partial charge in [0.15, 0.2) is 0 Å². The molecule has 0 radical (unpaired) electrons. The van der Waals surface area contributed by atoms with Crippen molar-refractivity contribution < 1.29 is 4.79 Å². The minimum Gasteiger partial charge on any atom is -0.330 e. The van der Waals surface area contributed by atoms with Crippen LogP contribution in [-0.4, -0.2) is 22.3 Å². The molecule has 1 aromatic carbocycles. The van der Waals surface area contributed by atoms with Crippen LogP contribution in [0.3, 0.4) is 0 Å². The van der Waals surface area contributed by atoms with Crippen molar-refractivity contribution in [2.24, 2.45) is 0 Å². The van der Waals surface area contributed by atoms with Crippen molar-refractivity contribution in [1.29, 1.82) is 0 Å². The first-order valence-electron chi connectivity index (χ1n) is 7.06. The van der Waals surface area contributed by atoms with Crippen molar-refractivity contribution in [2.45, 2.75) is 6.54 Å². The summed E-state index contributed by atoms with van der Waals surface area (Å²) in [4.78, 5) is 20.2. The van der Waals surface area contributed by atoms with Gasteiger partial charge in [-0.25, -0.2) is 0 Å². The third-order valence-electron chi connectivity index (χ3n) is 3.44. The zero-order valence-corrected chi connectivity index (χ0v) is 12.9. The van der Waals surface area contributed by atoms with Gasteiger partial charge < -0.3 is 4.90 Å². The fourth-order valence-corrected chi connectivity index (χ4v) is 3.14. The smallest absolute Gasteiger partial charge is 0.255 e. The first-order valence-corrected chi connectivity index (χ1v) is 7.94. The zero-order valence-electron chi connectivity index (χ0n) is 12.1. The highest BCUT2D eigenvalue weighted by Crippen LogP contribution is 2.20. The van der Waals surface area contributed by atoms with Crippen molar-refractivity contribution in [3.8, 4) is 0 Å². The van der Waals surface area contributed by atoms with E-state index in [2.05, 4.69) is 11.6 Å². The van der Waals surface area contributed by atoms with Crippen LogP contribution in [0, 0.1) is 0 Å². The molecule has 0 spiro atoms. The van der Waals surface area contributed by atoms with Crippen LogP contribution in [0.1, 0.15) is 15.2 Å². The number of hydrogen-bond acceptors (Lipinski definition) is 3. The summed E-state index contributed by atoms with van der Waals surface area (Å²) in [5.41, 5.74) is 1.52. The van der Waals surface area contributed by atoms with E-state index in [-0.39, 0.29) is 5.91 Å². The summed E-state index contributed by atoms with van der Waals surface area (Å²) in [6.45, 7) is 4.88. The topological polar surface area (TPSA) is 33.2 Å². The van der Waals surface area contributed by atoms with Crippen molar-refractivity contribution in [1.82, 2.24) is 9.88 Å². The first kappa shape index (κ1) is 14.5. The molecule has 1 amide bonds. The average molecular weight is 308 g/mol. The third-order valence-corrected chi connectivity index (χ3v) is 4.30. The lowest BCUT2D eigenvalue weighted by Crippen LogP contribution is -2.30. The summed E-state index contributed by atoms with van der Waals surface area (Å²) >= 11 is 1.65. The van der Waals surface area contributed by atoms with E-state index in [9.17, 15) is 4.79 Å². The number of thiophene rings is 1. The second-order valence-electron chi connectivity index (χ2n) is 4.93. The van der Waals surface area contributed by atoms with Crippen LogP contribution in [0.2, 0.25) is 0 Å². The number of benzene rings is 1. The molecule has 3 aromatic rings. The molecule has 2 heterocycles. The number of amides is 1. The minimum absolute atomic E-state index is 0.00639. The molecule has 0 bridgehead atoms. The SMILES string of the molecule is C=CCN(Cc1cccs1)C(=O)c1ccnc2ccccc12. The molecule has 22 heavy (non-hydrogen) atoms. The molecule has 0 N–H and O–H groups in total. The van der Waals surface area contributed by atoms with Crippen molar-refractivity contribution >= 4 is 28.1 Å². The molecule has 110 valence electrons. The second-order valence-corrected chi connectivity index (χ2v) is 5.96. The number of fused-ring (bicyclic) bond motifs is 1. The maximum Gasteiger partial charge on any atom is 0.255 e. The van der Waals surface area contributed by atoms with E-state index in [0.29, 0.717) is 18.7 Å². The molecule has 0 saturated heterocycles. The summed E-state index contributed by atoms with van der Waals surface area (Å²) in [6.07, 6.45) is 3.45. The van der Waals surface area contributed by atoms with Crippen molar-refractivity contribution in [3.63, 3.8) is 0 Å². The molecular weight excluding hydrogens is 292 g/mol. The van der Waals surface area contributed by atoms with Crippen molar-refractivity contribution in [3.05, 3.63) is 77.1 Å². The monoisotopic (exact) mass is 308 g/mol. The van der Waals surface area contributed by atoms with Gasteiger partial charge in [-0.05, 0) is 23.6 Å². The Hall–Kier alpha value is -2.46. The van der Waals surface area contributed by atoms with Gasteiger partial charge in [0, 0.05) is 23.0 Å². The van der Waals surface area contributed by atoms with E-state index in [1.807, 2.05) is 41.8 Å². The molecule has 0 unspecified atom stereocenters. The lowest BCUT2D eigenvalue weighted by atomic mass is 10.1. The molecule has 0 aliphatic heterocycles. The van der Waals surface area contributed by atoms with Crippen LogP contribution in [-0.2, 0) is 6.54 Å². The number of carbonyl (C=O) groups is 1. The number of hydrogen-bond donors (Lipinski definition) is 0. The molecule has 2 aromatic heterocycles. The molecule has 0 atom stereocenters. The molecule has 4 heteroatoms. The van der Waals surface area contributed by atoms with Gasteiger partial charge in [-0.2, -0.15) is 0 Å². The predicted octanol–water partition coefficient (Wildman–Crippen LogP) is 4.12. The van der Waals surface area contributed by atoms with Crippen LogP contribution in [0.25, 0.3) is 10.9 Å². The normalized spacial score (nSPS) is 10.5. The third kappa shape index (κ3) is 2.92. The standard InChI is InChI=1S/C18H16N2OS/c1-2-11-20(13-14-6-5-12-22-14)18(21)16-9-10-19-17-8-4-3-7-15(16)17/h2-10,12H,1,11,13H2. The maximum atomic E-state index is 12.9. The fraction of sp³-hybridized carbons (Fsp3) is 0.111. The van der Waals surface area contributed by atoms with E-state index in [0.717, 1.165) is 15.8 Å². The highest BCUT2D eigenvalue weighted by molar-refractivity contribution is 7.09. The Morgan fingerprint density at radius 1 is 1.23 bits per heavy atom. The number of para-hydroxylation sites is 1. The molecule has 0 saturated carbocycles. The highest BCUT2D eigenvalue weighted by atomic mass is 32.1. The van der Waals surface area contributed by atoms with Gasteiger partial charge in [0.1, 0.15) is 0 Å². The largest absolute Gasteiger partial charge is 0.330 e. The van der Waals surface area contributed by atoms with Gasteiger partial charge in [0.2, 0.25) is 0 Å². The lowest BCUT2D eigenvalue weighted by molar-refractivity contribution is 0.0766. The van der Waals surface area contributed by atoms with Crippen molar-refractivity contribution in [2.75, 3.05) is 6.54 Å². The van der Waals surface area contributed by atoms with Crippen LogP contribution in [0.4, 0.5) is 0 Å². The summed E-state index contributed by atoms with van der Waals surface area (Å²) in [5.74, 6) is 0.00639. The van der Waals surface area contributed by atoms with Gasteiger partial charge in [-0.15, -0.1) is 17.9 Å². The van der Waals surface area contributed by atoms with Crippen LogP contribution in [0.15, 0.2) is 66.7 Å². The quantitative estimate of drug-likeness (QED) is 0.664. The van der Waals surface area contributed by atoms with Gasteiger partial charge in [0.05, 0.1) is 17.6 Å². The van der Waals surface area contributed by atoms with E-state index in [1.54, 1.807) is 34.6 Å². The molecule has 0 fully saturated rings. The van der Waals surface area contributed by atoms with E-state index < -0.39 is 0 Å². The van der Waals surface area contributed by atoms with Crippen LogP contribution in [0.5, 0.6) is 0 Å². The Balaban J connectivity index is 1.96. The Labute approximate surface area is 133 Å². The number of carbonyl (C=O) groups excluding carboxylic acids is 1. The molecule has 0 aliphatic rings. The van der Waals surface area contributed by atoms with E-state index >= 15 is 0 Å². The number of aromatic nitrogens is 1. The lowest BCUT2D eigenvalue weighted by Gasteiger charge is -2.21. The van der Waals surface area contributed by atoms with Crippen LogP contribution < -0.4 is 0 Å². The summed E-state index contributed by atoms with van der Waals surface area (Å²) in [5, 5.41) is 2.91. The Morgan fingerprint density at radius 2 is 2.09 bits per heavy atom. The molecule has 0 aliphatic carbocycles. The number of nitrogens with zero attached hydrogens (tertiary/aromatic N) is 2. The summed E-state index contributed by atoms with van der Waals surface area (Å²) in [6, 6.07) is 13.5. The molecule has 3 nitrogen and oxygen atoms in total. The van der Waals surface area contributed by atoms with Gasteiger partial charge in [-0.1, -0.05) is 30.3 Å². The highest BCUT2D eigenvalue weighted by Gasteiger charge is 2.18. The average Bonchev–Trinajstić information content (AvgIpc) is 3.06. The van der Waals surface area contributed by atoms with Gasteiger partial charge >= 0.3 is 0 Å². The second kappa shape index (κ2) is 6.54. The van der Waals surface area contributed by atoms with Crippen LogP contribution >= 0.6 is 11.3 Å². The minimum atomic E-state index is 0.00639. The molecule has 3 rings (SSSR count). The Kier molecular flexibility index (Phi) is 4.30. The predicted molar refractivity (Wildman–Crippen MR) is 91.0 cm³/mol. The van der Waals surface area contributed by atoms with Gasteiger partial charge in [0.25, 0.3) is 5.91 Å². The van der Waals surface area contributed by atoms with Gasteiger partial charge in [-0.3, -0.25) is 9.78 Å². The Bertz CT molecular complexity index is 790. The maximum absolute atomic E-state index is 12.9. The summed E-state index contributed by atoms with van der Waals surface area (Å²) < 4.78 is 0. The Morgan fingerprint density at radius 3 is 2.86 bits per heavy atom. The summed E-state index contributed by atoms with van der Waals surface area (Å²) in [7, 11) is 0. The zero-order chi connectivity index (χ0) is 15.4. The van der Waals surface area contributed by atoms with E-state index in [4.69, 9.17) is 0 Å². The first-order chi connectivity index (χ1) is 10.8. The number of pyridine rings is 1. The molecular formula is C18H16N2OS. The van der Waals surface area contributed by atoms with E-state index in [1.165, 1.54) is 0 Å². The number of rotatable bonds is 5.